The van der Waals surface area contributed by atoms with Gasteiger partial charge in [0, 0.05) is 0 Å². The van der Waals surface area contributed by atoms with E-state index in [0.717, 1.165) is 12.1 Å². The van der Waals surface area contributed by atoms with Gasteiger partial charge < -0.3 is 4.74 Å². The number of benzene rings is 1. The molecule has 0 aliphatic carbocycles. The van der Waals surface area contributed by atoms with Crippen molar-refractivity contribution in [2.75, 3.05) is 0 Å². The zero-order chi connectivity index (χ0) is 15.3. The predicted octanol–water partition coefficient (Wildman–Crippen LogP) is 3.22. The molecule has 0 spiro atoms. The molecule has 0 saturated carbocycles. The van der Waals surface area contributed by atoms with E-state index in [9.17, 15) is 22.8 Å². The van der Waals surface area contributed by atoms with Crippen molar-refractivity contribution in [3.63, 3.8) is 0 Å². The van der Waals surface area contributed by atoms with Crippen LogP contribution in [0.15, 0.2) is 34.5 Å². The van der Waals surface area contributed by atoms with Crippen molar-refractivity contribution in [2.45, 2.75) is 26.3 Å². The number of alkyl halides is 3. The molecule has 0 fully saturated rings. The van der Waals surface area contributed by atoms with Crippen LogP contribution in [0.3, 0.4) is 0 Å². The molecule has 0 unspecified atom stereocenters. The Kier molecular flexibility index (Phi) is 4.95. The topological polar surface area (TPSA) is 68.1 Å². The smallest absolute Gasteiger partial charge is 0.406 e. The standard InChI is InChI=1S/C12H11F3N2O3/c1-7(18)11(8(2)19)17-16-9-3-5-10(6-4-9)20-12(13,14)15/h3-6,11H,1-2H3. The summed E-state index contributed by atoms with van der Waals surface area (Å²) in [5.74, 6) is -1.32. The Balaban J connectivity index is 2.79. The number of ketones is 2. The molecule has 0 saturated heterocycles. The molecular weight excluding hydrogens is 277 g/mol. The van der Waals surface area contributed by atoms with Crippen LogP contribution in [0.25, 0.3) is 0 Å². The van der Waals surface area contributed by atoms with Crippen molar-refractivity contribution < 1.29 is 27.5 Å². The molecule has 1 aromatic carbocycles. The molecule has 0 atom stereocenters. The highest BCUT2D eigenvalue weighted by Crippen LogP contribution is 2.25. The van der Waals surface area contributed by atoms with Crippen molar-refractivity contribution in [3.8, 4) is 5.75 Å². The molecule has 108 valence electrons. The Bertz CT molecular complexity index is 510. The van der Waals surface area contributed by atoms with Gasteiger partial charge in [-0.1, -0.05) is 0 Å². The molecule has 20 heavy (non-hydrogen) atoms. The van der Waals surface area contributed by atoms with Crippen molar-refractivity contribution in [2.24, 2.45) is 10.2 Å². The van der Waals surface area contributed by atoms with Gasteiger partial charge >= 0.3 is 6.36 Å². The normalized spacial score (nSPS) is 11.9. The van der Waals surface area contributed by atoms with Crippen LogP contribution in [0, 0.1) is 0 Å². The summed E-state index contributed by atoms with van der Waals surface area (Å²) >= 11 is 0. The van der Waals surface area contributed by atoms with E-state index in [-0.39, 0.29) is 5.69 Å². The molecule has 0 amide bonds. The second kappa shape index (κ2) is 6.27. The molecule has 0 aliphatic heterocycles. The molecule has 8 heteroatoms. The van der Waals surface area contributed by atoms with Crippen molar-refractivity contribution in [1.82, 2.24) is 0 Å². The van der Waals surface area contributed by atoms with E-state index in [1.807, 2.05) is 0 Å². The van der Waals surface area contributed by atoms with Crippen molar-refractivity contribution in [3.05, 3.63) is 24.3 Å². The highest BCUT2D eigenvalue weighted by molar-refractivity contribution is 6.04. The van der Waals surface area contributed by atoms with E-state index in [2.05, 4.69) is 15.0 Å². The molecule has 0 N–H and O–H groups in total. The number of rotatable bonds is 5. The lowest BCUT2D eigenvalue weighted by atomic mass is 10.1. The maximum atomic E-state index is 11.9. The largest absolute Gasteiger partial charge is 0.573 e. The monoisotopic (exact) mass is 288 g/mol. The predicted molar refractivity (Wildman–Crippen MR) is 62.8 cm³/mol. The third-order valence-corrected chi connectivity index (χ3v) is 2.13. The molecule has 1 rings (SSSR count). The van der Waals surface area contributed by atoms with E-state index >= 15 is 0 Å². The van der Waals surface area contributed by atoms with Crippen LogP contribution in [-0.2, 0) is 9.59 Å². The molecule has 0 bridgehead atoms. The first-order valence-corrected chi connectivity index (χ1v) is 5.46. The van der Waals surface area contributed by atoms with Gasteiger partial charge in [0.05, 0.1) is 5.69 Å². The summed E-state index contributed by atoms with van der Waals surface area (Å²) in [6.07, 6.45) is -4.77. The zero-order valence-electron chi connectivity index (χ0n) is 10.6. The number of hydrogen-bond acceptors (Lipinski definition) is 5. The van der Waals surface area contributed by atoms with Gasteiger partial charge in [-0.05, 0) is 38.1 Å². The SMILES string of the molecule is CC(=O)C(N=Nc1ccc(OC(F)(F)F)cc1)C(C)=O. The lowest BCUT2D eigenvalue weighted by Gasteiger charge is -2.08. The number of azo groups is 1. The minimum atomic E-state index is -4.77. The quantitative estimate of drug-likeness (QED) is 0.617. The van der Waals surface area contributed by atoms with Crippen LogP contribution >= 0.6 is 0 Å². The van der Waals surface area contributed by atoms with Gasteiger partial charge in [0.1, 0.15) is 5.75 Å². The van der Waals surface area contributed by atoms with Gasteiger partial charge in [0.15, 0.2) is 17.6 Å². The molecule has 0 aliphatic rings. The second-order valence-corrected chi connectivity index (χ2v) is 3.88. The summed E-state index contributed by atoms with van der Waals surface area (Å²) in [6.45, 7) is 2.40. The number of carbonyl (C=O) groups is 2. The van der Waals surface area contributed by atoms with Crippen LogP contribution in [0.4, 0.5) is 18.9 Å². The van der Waals surface area contributed by atoms with Crippen LogP contribution in [-0.4, -0.2) is 24.0 Å². The van der Waals surface area contributed by atoms with Gasteiger partial charge in [-0.25, -0.2) is 0 Å². The van der Waals surface area contributed by atoms with Crippen molar-refractivity contribution >= 4 is 17.3 Å². The number of hydrogen-bond donors (Lipinski definition) is 0. The maximum absolute atomic E-state index is 11.9. The van der Waals surface area contributed by atoms with Crippen molar-refractivity contribution in [1.29, 1.82) is 0 Å². The summed E-state index contributed by atoms with van der Waals surface area (Å²) in [5, 5.41) is 7.19. The first kappa shape index (κ1) is 15.8. The third kappa shape index (κ3) is 5.17. The molecule has 5 nitrogen and oxygen atoms in total. The first-order chi connectivity index (χ1) is 9.19. The van der Waals surface area contributed by atoms with E-state index in [1.54, 1.807) is 0 Å². The third-order valence-electron chi connectivity index (χ3n) is 2.13. The highest BCUT2D eigenvalue weighted by atomic mass is 19.4. The Hall–Kier alpha value is -2.25. The molecule has 0 heterocycles. The Labute approximate surface area is 112 Å². The van der Waals surface area contributed by atoms with Gasteiger partial charge in [-0.15, -0.1) is 13.2 Å². The number of halogens is 3. The van der Waals surface area contributed by atoms with Crippen LogP contribution < -0.4 is 4.74 Å². The second-order valence-electron chi connectivity index (χ2n) is 3.88. The summed E-state index contributed by atoms with van der Waals surface area (Å²) in [6, 6.07) is 3.36. The van der Waals surface area contributed by atoms with Crippen LogP contribution in [0.1, 0.15) is 13.8 Å². The summed E-state index contributed by atoms with van der Waals surface area (Å²) in [7, 11) is 0. The minimum absolute atomic E-state index is 0.201. The van der Waals surface area contributed by atoms with Gasteiger partial charge in [0.25, 0.3) is 0 Å². The fraction of sp³-hybridized carbons (Fsp3) is 0.333. The fourth-order valence-electron chi connectivity index (χ4n) is 1.29. The number of ether oxygens (including phenoxy) is 1. The van der Waals surface area contributed by atoms with E-state index in [0.29, 0.717) is 0 Å². The fourth-order valence-corrected chi connectivity index (χ4v) is 1.29. The van der Waals surface area contributed by atoms with E-state index in [4.69, 9.17) is 0 Å². The minimum Gasteiger partial charge on any atom is -0.406 e. The Morgan fingerprint density at radius 2 is 1.60 bits per heavy atom. The molecule has 0 radical (unpaired) electrons. The number of carbonyl (C=O) groups excluding carboxylic acids is 2. The van der Waals surface area contributed by atoms with Crippen LogP contribution in [0.5, 0.6) is 5.75 Å². The number of Topliss-reactive ketones (excluding diaryl/α,β-unsaturated/α-hetero) is 2. The molecule has 1 aromatic rings. The summed E-state index contributed by atoms with van der Waals surface area (Å²) in [4.78, 5) is 22.2. The Morgan fingerprint density at radius 3 is 2.00 bits per heavy atom. The van der Waals surface area contributed by atoms with Crippen LogP contribution in [0.2, 0.25) is 0 Å². The zero-order valence-corrected chi connectivity index (χ0v) is 10.6. The number of nitrogens with zero attached hydrogens (tertiary/aromatic N) is 2. The lowest BCUT2D eigenvalue weighted by molar-refractivity contribution is -0.274. The lowest BCUT2D eigenvalue weighted by Crippen LogP contribution is -2.23. The highest BCUT2D eigenvalue weighted by Gasteiger charge is 2.30. The average molecular weight is 288 g/mol. The summed E-state index contributed by atoms with van der Waals surface area (Å²) in [5.41, 5.74) is 0.201. The summed E-state index contributed by atoms with van der Waals surface area (Å²) < 4.78 is 39.5. The average Bonchev–Trinajstić information content (AvgIpc) is 2.28. The van der Waals surface area contributed by atoms with Gasteiger partial charge in [0.2, 0.25) is 0 Å². The van der Waals surface area contributed by atoms with E-state index < -0.39 is 29.7 Å². The van der Waals surface area contributed by atoms with E-state index in [1.165, 1.54) is 26.0 Å². The Morgan fingerprint density at radius 1 is 1.10 bits per heavy atom. The van der Waals surface area contributed by atoms with Gasteiger partial charge in [-0.3, -0.25) is 9.59 Å². The molecule has 0 aromatic heterocycles. The first-order valence-electron chi connectivity index (χ1n) is 5.46. The maximum Gasteiger partial charge on any atom is 0.573 e. The van der Waals surface area contributed by atoms with Gasteiger partial charge in [-0.2, -0.15) is 10.2 Å². The molecular formula is C12H11F3N2O3.